The Morgan fingerprint density at radius 2 is 2.00 bits per heavy atom. The smallest absolute Gasteiger partial charge is 0.153 e. The van der Waals surface area contributed by atoms with Crippen LogP contribution in [-0.2, 0) is 7.05 Å². The van der Waals surface area contributed by atoms with E-state index < -0.39 is 0 Å². The molecular formula is C14H27BrN4. The first-order chi connectivity index (χ1) is 8.74. The quantitative estimate of drug-likeness (QED) is 0.864. The number of hydrogen-bond acceptors (Lipinski definition) is 3. The van der Waals surface area contributed by atoms with Crippen LogP contribution in [0.3, 0.4) is 0 Å². The van der Waals surface area contributed by atoms with Crippen molar-refractivity contribution in [3.05, 3.63) is 10.3 Å². The second-order valence-corrected chi connectivity index (χ2v) is 7.36. The van der Waals surface area contributed by atoms with Crippen molar-refractivity contribution in [2.45, 2.75) is 53.5 Å². The summed E-state index contributed by atoms with van der Waals surface area (Å²) in [5.74, 6) is 0.658. The van der Waals surface area contributed by atoms with Gasteiger partial charge in [0.05, 0.1) is 11.7 Å². The summed E-state index contributed by atoms with van der Waals surface area (Å²) in [5, 5.41) is 11.7. The molecule has 0 saturated heterocycles. The lowest BCUT2D eigenvalue weighted by Gasteiger charge is -2.27. The molecule has 0 radical (unpaired) electrons. The van der Waals surface area contributed by atoms with Crippen molar-refractivity contribution in [1.29, 1.82) is 0 Å². The summed E-state index contributed by atoms with van der Waals surface area (Å²) in [7, 11) is 1.95. The molecule has 19 heavy (non-hydrogen) atoms. The van der Waals surface area contributed by atoms with Gasteiger partial charge in [0.1, 0.15) is 0 Å². The summed E-state index contributed by atoms with van der Waals surface area (Å²) < 4.78 is 2.71. The molecule has 0 aliphatic carbocycles. The van der Waals surface area contributed by atoms with Crippen molar-refractivity contribution in [1.82, 2.24) is 20.3 Å². The second-order valence-electron chi connectivity index (χ2n) is 6.61. The Morgan fingerprint density at radius 1 is 1.37 bits per heavy atom. The van der Waals surface area contributed by atoms with E-state index in [1.54, 1.807) is 0 Å². The van der Waals surface area contributed by atoms with Crippen molar-refractivity contribution in [2.75, 3.05) is 6.54 Å². The van der Waals surface area contributed by atoms with Crippen molar-refractivity contribution < 1.29 is 0 Å². The van der Waals surface area contributed by atoms with Crippen LogP contribution in [0.25, 0.3) is 0 Å². The Kier molecular flexibility index (Phi) is 5.99. The van der Waals surface area contributed by atoms with E-state index in [-0.39, 0.29) is 0 Å². The van der Waals surface area contributed by atoms with Gasteiger partial charge in [0, 0.05) is 7.05 Å². The van der Waals surface area contributed by atoms with Gasteiger partial charge in [-0.25, -0.2) is 4.68 Å². The minimum atomic E-state index is 0.303. The molecule has 0 fully saturated rings. The topological polar surface area (TPSA) is 42.7 Å². The highest BCUT2D eigenvalue weighted by Crippen LogP contribution is 2.32. The second kappa shape index (κ2) is 6.84. The summed E-state index contributed by atoms with van der Waals surface area (Å²) in [4.78, 5) is 0. The van der Waals surface area contributed by atoms with Gasteiger partial charge < -0.3 is 5.32 Å². The van der Waals surface area contributed by atoms with Crippen molar-refractivity contribution in [2.24, 2.45) is 18.4 Å². The summed E-state index contributed by atoms with van der Waals surface area (Å²) >= 11 is 3.50. The maximum absolute atomic E-state index is 4.09. The number of rotatable bonds is 6. The molecule has 0 aliphatic heterocycles. The third-order valence-corrected chi connectivity index (χ3v) is 3.77. The first-order valence-electron chi connectivity index (χ1n) is 7.03. The summed E-state index contributed by atoms with van der Waals surface area (Å²) in [6.07, 6.45) is 2.32. The fraction of sp³-hybridized carbons (Fsp3) is 0.857. The molecule has 2 unspecified atom stereocenters. The van der Waals surface area contributed by atoms with Gasteiger partial charge in [-0.15, -0.1) is 5.10 Å². The zero-order chi connectivity index (χ0) is 14.6. The summed E-state index contributed by atoms with van der Waals surface area (Å²) in [6, 6.07) is 0.303. The largest absolute Gasteiger partial charge is 0.309 e. The van der Waals surface area contributed by atoms with Gasteiger partial charge >= 0.3 is 0 Å². The van der Waals surface area contributed by atoms with Gasteiger partial charge in [-0.2, -0.15) is 0 Å². The van der Waals surface area contributed by atoms with Crippen molar-refractivity contribution in [3.63, 3.8) is 0 Å². The lowest BCUT2D eigenvalue weighted by Crippen LogP contribution is -2.26. The predicted octanol–water partition coefficient (Wildman–Crippen LogP) is 3.69. The van der Waals surface area contributed by atoms with E-state index in [4.69, 9.17) is 0 Å². The fourth-order valence-electron chi connectivity index (χ4n) is 2.78. The van der Waals surface area contributed by atoms with Gasteiger partial charge in [0.15, 0.2) is 4.60 Å². The van der Waals surface area contributed by atoms with E-state index in [1.807, 2.05) is 11.7 Å². The molecule has 110 valence electrons. The monoisotopic (exact) mass is 330 g/mol. The molecule has 1 rings (SSSR count). The van der Waals surface area contributed by atoms with Crippen LogP contribution in [0.2, 0.25) is 0 Å². The minimum absolute atomic E-state index is 0.303. The van der Waals surface area contributed by atoms with E-state index >= 15 is 0 Å². The molecule has 5 heteroatoms. The molecule has 0 saturated carbocycles. The Hall–Kier alpha value is -0.420. The number of halogens is 1. The molecule has 0 aromatic carbocycles. The molecule has 4 nitrogen and oxygen atoms in total. The molecule has 0 bridgehead atoms. The lowest BCUT2D eigenvalue weighted by atomic mass is 9.82. The predicted molar refractivity (Wildman–Crippen MR) is 83.0 cm³/mol. The third kappa shape index (κ3) is 5.22. The molecule has 1 heterocycles. The lowest BCUT2D eigenvalue weighted by molar-refractivity contribution is 0.273. The summed E-state index contributed by atoms with van der Waals surface area (Å²) in [6.45, 7) is 12.3. The van der Waals surface area contributed by atoms with Crippen LogP contribution in [0.1, 0.15) is 59.2 Å². The maximum Gasteiger partial charge on any atom is 0.153 e. The molecule has 0 spiro atoms. The van der Waals surface area contributed by atoms with Crippen LogP contribution in [0, 0.1) is 11.3 Å². The molecule has 2 atom stereocenters. The average Bonchev–Trinajstić information content (AvgIpc) is 2.55. The van der Waals surface area contributed by atoms with E-state index in [9.17, 15) is 0 Å². The maximum atomic E-state index is 4.09. The van der Waals surface area contributed by atoms with E-state index in [1.165, 1.54) is 6.42 Å². The van der Waals surface area contributed by atoms with E-state index in [0.717, 1.165) is 23.3 Å². The van der Waals surface area contributed by atoms with Crippen molar-refractivity contribution >= 4 is 15.9 Å². The normalized spacial score (nSPS) is 15.5. The van der Waals surface area contributed by atoms with Crippen LogP contribution in [-0.4, -0.2) is 21.5 Å². The third-order valence-electron chi connectivity index (χ3n) is 3.21. The zero-order valence-electron chi connectivity index (χ0n) is 13.0. The van der Waals surface area contributed by atoms with Crippen molar-refractivity contribution in [3.8, 4) is 0 Å². The molecule has 0 aliphatic rings. The number of nitrogens with zero attached hydrogens (tertiary/aromatic N) is 3. The molecule has 0 amide bonds. The fourth-order valence-corrected chi connectivity index (χ4v) is 3.38. The SMILES string of the molecule is CCNC(CC(C)CC(C)(C)C)c1c(Br)nnn1C. The minimum Gasteiger partial charge on any atom is -0.309 e. The number of aromatic nitrogens is 3. The first kappa shape index (κ1) is 16.6. The first-order valence-corrected chi connectivity index (χ1v) is 7.82. The van der Waals surface area contributed by atoms with Gasteiger partial charge in [-0.3, -0.25) is 0 Å². The van der Waals surface area contributed by atoms with E-state index in [0.29, 0.717) is 17.4 Å². The zero-order valence-corrected chi connectivity index (χ0v) is 14.6. The highest BCUT2D eigenvalue weighted by molar-refractivity contribution is 9.10. The van der Waals surface area contributed by atoms with Gasteiger partial charge in [0.2, 0.25) is 0 Å². The number of aryl methyl sites for hydroxylation is 1. The summed E-state index contributed by atoms with van der Waals surface area (Å²) in [5.41, 5.74) is 1.51. The van der Waals surface area contributed by atoms with E-state index in [2.05, 4.69) is 66.2 Å². The van der Waals surface area contributed by atoms with Crippen LogP contribution in [0.5, 0.6) is 0 Å². The number of hydrogen-bond donors (Lipinski definition) is 1. The standard InChI is InChI=1S/C14H27BrN4/c1-7-16-11(8-10(2)9-14(3,4)5)12-13(15)17-18-19(12)6/h10-11,16H,7-9H2,1-6H3. The highest BCUT2D eigenvalue weighted by atomic mass is 79.9. The van der Waals surface area contributed by atoms with Crippen LogP contribution < -0.4 is 5.32 Å². The molecule has 1 N–H and O–H groups in total. The van der Waals surface area contributed by atoms with Crippen LogP contribution in [0.15, 0.2) is 4.60 Å². The highest BCUT2D eigenvalue weighted by Gasteiger charge is 2.24. The number of nitrogens with one attached hydrogen (secondary N) is 1. The Morgan fingerprint density at radius 3 is 2.42 bits per heavy atom. The molecular weight excluding hydrogens is 304 g/mol. The van der Waals surface area contributed by atoms with Gasteiger partial charge in [-0.05, 0) is 46.6 Å². The average molecular weight is 331 g/mol. The Labute approximate surface area is 125 Å². The molecule has 1 aromatic rings. The van der Waals surface area contributed by atoms with Gasteiger partial charge in [-0.1, -0.05) is 39.8 Å². The molecule has 1 aromatic heterocycles. The Bertz CT molecular complexity index is 375. The van der Waals surface area contributed by atoms with Crippen LogP contribution >= 0.6 is 15.9 Å². The van der Waals surface area contributed by atoms with Gasteiger partial charge in [0.25, 0.3) is 0 Å². The Balaban J connectivity index is 2.79. The van der Waals surface area contributed by atoms with Crippen LogP contribution in [0.4, 0.5) is 0 Å².